The van der Waals surface area contributed by atoms with Crippen LogP contribution >= 0.6 is 0 Å². The Kier molecular flexibility index (Phi) is 4.00. The van der Waals surface area contributed by atoms with Crippen LogP contribution < -0.4 is 10.6 Å². The quantitative estimate of drug-likeness (QED) is 0.853. The van der Waals surface area contributed by atoms with Gasteiger partial charge in [0.1, 0.15) is 0 Å². The maximum absolute atomic E-state index is 13.7. The highest BCUT2D eigenvalue weighted by Gasteiger charge is 2.11. The molecule has 19 heavy (non-hydrogen) atoms. The zero-order chi connectivity index (χ0) is 13.8. The van der Waals surface area contributed by atoms with Crippen molar-refractivity contribution in [3.63, 3.8) is 0 Å². The normalized spacial score (nSPS) is 10.5. The van der Waals surface area contributed by atoms with Crippen LogP contribution in [0.5, 0.6) is 0 Å². The number of hydrogen-bond acceptors (Lipinski definition) is 2. The minimum absolute atomic E-state index is 0.309. The van der Waals surface area contributed by atoms with Gasteiger partial charge in [-0.1, -0.05) is 18.2 Å². The van der Waals surface area contributed by atoms with Crippen molar-refractivity contribution in [1.29, 1.82) is 0 Å². The first-order chi connectivity index (χ1) is 9.11. The van der Waals surface area contributed by atoms with Crippen LogP contribution in [-0.4, -0.2) is 6.54 Å². The molecule has 0 bridgehead atoms. The van der Waals surface area contributed by atoms with Crippen molar-refractivity contribution in [2.75, 3.05) is 17.2 Å². The van der Waals surface area contributed by atoms with E-state index < -0.39 is 11.6 Å². The van der Waals surface area contributed by atoms with Crippen molar-refractivity contribution < 1.29 is 8.78 Å². The van der Waals surface area contributed by atoms with E-state index in [1.807, 2.05) is 30.0 Å². The second-order valence-corrected chi connectivity index (χ2v) is 4.32. The average molecular weight is 262 g/mol. The zero-order valence-electron chi connectivity index (χ0n) is 10.7. The number of benzene rings is 2. The minimum atomic E-state index is -0.818. The van der Waals surface area contributed by atoms with Crippen LogP contribution in [0.15, 0.2) is 42.5 Å². The number of nitrogens with zero attached hydrogens (tertiary/aromatic N) is 1. The lowest BCUT2D eigenvalue weighted by Gasteiger charge is -2.23. The molecule has 0 aliphatic rings. The van der Waals surface area contributed by atoms with Gasteiger partial charge in [0.2, 0.25) is 0 Å². The van der Waals surface area contributed by atoms with E-state index in [1.165, 1.54) is 6.07 Å². The van der Waals surface area contributed by atoms with Crippen molar-refractivity contribution in [3.05, 3.63) is 59.7 Å². The van der Waals surface area contributed by atoms with Gasteiger partial charge in [0, 0.05) is 30.0 Å². The molecule has 2 nitrogen and oxygen atoms in total. The summed E-state index contributed by atoms with van der Waals surface area (Å²) >= 11 is 0. The van der Waals surface area contributed by atoms with E-state index in [4.69, 9.17) is 5.73 Å². The smallest absolute Gasteiger partial charge is 0.163 e. The minimum Gasteiger partial charge on any atom is -0.399 e. The summed E-state index contributed by atoms with van der Waals surface area (Å²) < 4.78 is 26.9. The Hall–Kier alpha value is -2.10. The fourth-order valence-electron chi connectivity index (χ4n) is 1.98. The number of nitrogens with two attached hydrogens (primary N) is 1. The lowest BCUT2D eigenvalue weighted by atomic mass is 10.1. The standard InChI is InChI=1S/C15H16F2N2/c1-2-19(13-7-4-6-12(18)9-13)10-11-5-3-8-14(16)15(11)17/h3-9H,2,10,18H2,1H3. The molecular formula is C15H16F2N2. The van der Waals surface area contributed by atoms with Gasteiger partial charge in [0.15, 0.2) is 11.6 Å². The fraction of sp³-hybridized carbons (Fsp3) is 0.200. The van der Waals surface area contributed by atoms with Crippen molar-refractivity contribution in [2.45, 2.75) is 13.5 Å². The van der Waals surface area contributed by atoms with Crippen LogP contribution in [-0.2, 0) is 6.54 Å². The van der Waals surface area contributed by atoms with Crippen molar-refractivity contribution in [3.8, 4) is 0 Å². The molecule has 100 valence electrons. The molecule has 0 spiro atoms. The summed E-state index contributed by atoms with van der Waals surface area (Å²) in [7, 11) is 0. The molecule has 0 aromatic heterocycles. The van der Waals surface area contributed by atoms with Gasteiger partial charge in [-0.05, 0) is 31.2 Å². The molecule has 0 radical (unpaired) electrons. The average Bonchev–Trinajstić information content (AvgIpc) is 2.40. The Morgan fingerprint density at radius 3 is 2.53 bits per heavy atom. The summed E-state index contributed by atoms with van der Waals surface area (Å²) in [6.45, 7) is 2.95. The third-order valence-corrected chi connectivity index (χ3v) is 3.01. The molecule has 0 saturated heterocycles. The summed E-state index contributed by atoms with van der Waals surface area (Å²) in [4.78, 5) is 1.94. The molecule has 0 unspecified atom stereocenters. The second-order valence-electron chi connectivity index (χ2n) is 4.32. The number of halogens is 2. The van der Waals surface area contributed by atoms with E-state index >= 15 is 0 Å². The van der Waals surface area contributed by atoms with Gasteiger partial charge in [-0.3, -0.25) is 0 Å². The third-order valence-electron chi connectivity index (χ3n) is 3.01. The van der Waals surface area contributed by atoms with Gasteiger partial charge in [-0.2, -0.15) is 0 Å². The zero-order valence-corrected chi connectivity index (χ0v) is 10.7. The third kappa shape index (κ3) is 3.02. The Balaban J connectivity index is 2.26. The highest BCUT2D eigenvalue weighted by molar-refractivity contribution is 5.56. The van der Waals surface area contributed by atoms with Gasteiger partial charge in [-0.15, -0.1) is 0 Å². The summed E-state index contributed by atoms with van der Waals surface area (Å²) in [5, 5.41) is 0. The van der Waals surface area contributed by atoms with Gasteiger partial charge in [0.25, 0.3) is 0 Å². The lowest BCUT2D eigenvalue weighted by Crippen LogP contribution is -2.22. The number of anilines is 2. The molecule has 0 saturated carbocycles. The predicted molar refractivity (Wildman–Crippen MR) is 73.9 cm³/mol. The molecule has 4 heteroatoms. The van der Waals surface area contributed by atoms with Crippen molar-refractivity contribution in [2.24, 2.45) is 0 Å². The monoisotopic (exact) mass is 262 g/mol. The van der Waals surface area contributed by atoms with Gasteiger partial charge < -0.3 is 10.6 Å². The van der Waals surface area contributed by atoms with Crippen molar-refractivity contribution >= 4 is 11.4 Å². The molecule has 0 aliphatic heterocycles. The van der Waals surface area contributed by atoms with Gasteiger partial charge >= 0.3 is 0 Å². The molecule has 0 fully saturated rings. The van der Waals surface area contributed by atoms with E-state index in [-0.39, 0.29) is 0 Å². The topological polar surface area (TPSA) is 29.3 Å². The first kappa shape index (κ1) is 13.3. The molecule has 0 atom stereocenters. The lowest BCUT2D eigenvalue weighted by molar-refractivity contribution is 0.497. The molecule has 0 aliphatic carbocycles. The van der Waals surface area contributed by atoms with Crippen molar-refractivity contribution in [1.82, 2.24) is 0 Å². The summed E-state index contributed by atoms with van der Waals surface area (Å²) in [6, 6.07) is 11.6. The fourth-order valence-corrected chi connectivity index (χ4v) is 1.98. The van der Waals surface area contributed by atoms with E-state index in [9.17, 15) is 8.78 Å². The van der Waals surface area contributed by atoms with Crippen LogP contribution in [0.25, 0.3) is 0 Å². The maximum Gasteiger partial charge on any atom is 0.163 e. The Labute approximate surface area is 111 Å². The first-order valence-corrected chi connectivity index (χ1v) is 6.15. The van der Waals surface area contributed by atoms with E-state index in [2.05, 4.69) is 0 Å². The summed E-state index contributed by atoms with van der Waals surface area (Å²) in [5.41, 5.74) is 7.62. The molecule has 0 heterocycles. The molecular weight excluding hydrogens is 246 g/mol. The van der Waals surface area contributed by atoms with Gasteiger partial charge in [-0.25, -0.2) is 8.78 Å². The van der Waals surface area contributed by atoms with Crippen LogP contribution in [0.3, 0.4) is 0 Å². The predicted octanol–water partition coefficient (Wildman–Crippen LogP) is 3.57. The maximum atomic E-state index is 13.7. The largest absolute Gasteiger partial charge is 0.399 e. The Morgan fingerprint density at radius 1 is 1.11 bits per heavy atom. The Morgan fingerprint density at radius 2 is 1.84 bits per heavy atom. The highest BCUT2D eigenvalue weighted by Crippen LogP contribution is 2.21. The number of rotatable bonds is 4. The number of nitrogen functional groups attached to an aromatic ring is 1. The van der Waals surface area contributed by atoms with E-state index in [1.54, 1.807) is 12.1 Å². The molecule has 2 aromatic rings. The van der Waals surface area contributed by atoms with Crippen LogP contribution in [0.2, 0.25) is 0 Å². The number of hydrogen-bond donors (Lipinski definition) is 1. The molecule has 2 N–H and O–H groups in total. The summed E-state index contributed by atoms with van der Waals surface area (Å²) in [6.07, 6.45) is 0. The van der Waals surface area contributed by atoms with Crippen LogP contribution in [0, 0.1) is 11.6 Å². The summed E-state index contributed by atoms with van der Waals surface area (Å²) in [5.74, 6) is -1.61. The van der Waals surface area contributed by atoms with Gasteiger partial charge in [0.05, 0.1) is 0 Å². The first-order valence-electron chi connectivity index (χ1n) is 6.15. The highest BCUT2D eigenvalue weighted by atomic mass is 19.2. The molecule has 0 amide bonds. The Bertz CT molecular complexity index is 570. The van der Waals surface area contributed by atoms with Crippen LogP contribution in [0.1, 0.15) is 12.5 Å². The molecule has 2 rings (SSSR count). The second kappa shape index (κ2) is 5.69. The van der Waals surface area contributed by atoms with Crippen LogP contribution in [0.4, 0.5) is 20.2 Å². The van der Waals surface area contributed by atoms with E-state index in [0.29, 0.717) is 24.3 Å². The van der Waals surface area contributed by atoms with E-state index in [0.717, 1.165) is 11.8 Å². The SMILES string of the molecule is CCN(Cc1cccc(F)c1F)c1cccc(N)c1. The molecule has 2 aromatic carbocycles.